The number of aliphatic imine (C=N–C) groups is 1. The van der Waals surface area contributed by atoms with Gasteiger partial charge in [0.15, 0.2) is 11.6 Å². The Kier molecular flexibility index (Phi) is 6.30. The molecular weight excluding hydrogens is 384 g/mol. The molecule has 1 fully saturated rings. The van der Waals surface area contributed by atoms with Gasteiger partial charge < -0.3 is 4.90 Å². The third kappa shape index (κ3) is 5.05. The maximum atomic E-state index is 14.1. The van der Waals surface area contributed by atoms with Crippen molar-refractivity contribution in [1.29, 1.82) is 0 Å². The van der Waals surface area contributed by atoms with Gasteiger partial charge in [0.05, 0.1) is 6.54 Å². The molecular formula is C20H25F2N3O2S. The second-order valence-corrected chi connectivity index (χ2v) is 10.0. The molecule has 0 spiro atoms. The maximum Gasteiger partial charge on any atom is 0.252 e. The highest BCUT2D eigenvalue weighted by atomic mass is 32.2. The van der Waals surface area contributed by atoms with Crippen molar-refractivity contribution in [2.45, 2.75) is 13.5 Å². The van der Waals surface area contributed by atoms with Gasteiger partial charge in [-0.1, -0.05) is 12.1 Å². The number of allylic oxidation sites excluding steroid dienone is 1. The molecule has 1 aromatic rings. The van der Waals surface area contributed by atoms with Crippen molar-refractivity contribution in [2.75, 3.05) is 44.2 Å². The predicted octanol–water partition coefficient (Wildman–Crippen LogP) is 1.73. The third-order valence-corrected chi connectivity index (χ3v) is 6.93. The molecule has 2 aliphatic rings. The van der Waals surface area contributed by atoms with E-state index in [1.165, 1.54) is 17.0 Å². The molecule has 1 aromatic carbocycles. The number of hydrogen-bond acceptors (Lipinski definition) is 4. The molecule has 0 atom stereocenters. The van der Waals surface area contributed by atoms with Crippen LogP contribution in [0.4, 0.5) is 8.78 Å². The van der Waals surface area contributed by atoms with Gasteiger partial charge in [-0.15, -0.1) is 0 Å². The fourth-order valence-electron chi connectivity index (χ4n) is 3.30. The molecule has 152 valence electrons. The number of benzene rings is 1. The van der Waals surface area contributed by atoms with Crippen LogP contribution in [-0.4, -0.2) is 75.7 Å². The quantitative estimate of drug-likeness (QED) is 0.673. The summed E-state index contributed by atoms with van der Waals surface area (Å²) in [5, 5.41) is 0. The maximum absolute atomic E-state index is 14.1. The lowest BCUT2D eigenvalue weighted by atomic mass is 10.1. The van der Waals surface area contributed by atoms with Crippen LogP contribution in [0.1, 0.15) is 12.5 Å². The predicted molar refractivity (Wildman–Crippen MR) is 109 cm³/mol. The van der Waals surface area contributed by atoms with Crippen LogP contribution in [0.2, 0.25) is 0 Å². The number of rotatable bonds is 6. The Hall–Kier alpha value is -2.06. The van der Waals surface area contributed by atoms with Crippen LogP contribution >= 0.6 is 0 Å². The average molecular weight is 410 g/mol. The summed E-state index contributed by atoms with van der Waals surface area (Å²) in [6.07, 6.45) is 1.73. The Morgan fingerprint density at radius 3 is 2.68 bits per heavy atom. The molecule has 0 N–H and O–H groups in total. The molecule has 0 aromatic heterocycles. The Labute approximate surface area is 164 Å². The van der Waals surface area contributed by atoms with Crippen molar-refractivity contribution in [3.63, 3.8) is 0 Å². The summed E-state index contributed by atoms with van der Waals surface area (Å²) in [7, 11) is -1.99. The Balaban J connectivity index is 1.72. The minimum atomic E-state index is -1.99. The molecule has 0 unspecified atom stereocenters. The van der Waals surface area contributed by atoms with E-state index in [9.17, 15) is 17.8 Å². The van der Waals surface area contributed by atoms with Gasteiger partial charge in [0.1, 0.15) is 0 Å². The molecule has 0 aliphatic carbocycles. The first-order valence-electron chi connectivity index (χ1n) is 9.24. The number of amides is 1. The molecule has 1 amide bonds. The molecule has 28 heavy (non-hydrogen) atoms. The molecule has 8 heteroatoms. The molecule has 5 nitrogen and oxygen atoms in total. The monoisotopic (exact) mass is 409 g/mol. The van der Waals surface area contributed by atoms with Crippen LogP contribution < -0.4 is 0 Å². The van der Waals surface area contributed by atoms with Gasteiger partial charge in [0.2, 0.25) is 0 Å². The first kappa shape index (κ1) is 20.7. The number of halogens is 2. The van der Waals surface area contributed by atoms with E-state index >= 15 is 0 Å². The summed E-state index contributed by atoms with van der Waals surface area (Å²) in [5.74, 6) is 2.76. The fourth-order valence-corrected chi connectivity index (χ4v) is 4.69. The lowest BCUT2D eigenvalue weighted by Gasteiger charge is -2.31. The van der Waals surface area contributed by atoms with Gasteiger partial charge in [0.25, 0.3) is 5.91 Å². The number of hydrogen-bond donors (Lipinski definition) is 0. The van der Waals surface area contributed by atoms with E-state index in [2.05, 4.69) is 15.8 Å². The summed E-state index contributed by atoms with van der Waals surface area (Å²) in [6, 6.07) is 3.99. The average Bonchev–Trinajstić information content (AvgIpc) is 3.09. The molecule has 1 saturated heterocycles. The zero-order valence-electron chi connectivity index (χ0n) is 16.0. The minimum absolute atomic E-state index is 0.0151. The van der Waals surface area contributed by atoms with Crippen LogP contribution in [0.3, 0.4) is 0 Å². The van der Waals surface area contributed by atoms with Crippen molar-refractivity contribution in [2.24, 2.45) is 4.99 Å². The van der Waals surface area contributed by atoms with Crippen molar-refractivity contribution in [3.8, 4) is 0 Å². The zero-order chi connectivity index (χ0) is 20.3. The second-order valence-electron chi connectivity index (χ2n) is 7.28. The Morgan fingerprint density at radius 1 is 1.32 bits per heavy atom. The summed E-state index contributed by atoms with van der Waals surface area (Å²) < 4.78 is 39.7. The lowest BCUT2D eigenvalue weighted by molar-refractivity contribution is -0.128. The topological polar surface area (TPSA) is 53.0 Å². The van der Waals surface area contributed by atoms with Crippen molar-refractivity contribution >= 4 is 27.0 Å². The summed E-state index contributed by atoms with van der Waals surface area (Å²) in [4.78, 5) is 20.8. The van der Waals surface area contributed by atoms with E-state index in [1.54, 1.807) is 6.08 Å². The summed E-state index contributed by atoms with van der Waals surface area (Å²) in [5.41, 5.74) is 1.47. The summed E-state index contributed by atoms with van der Waals surface area (Å²) in [6.45, 7) is 4.36. The van der Waals surface area contributed by atoms with Crippen molar-refractivity contribution in [1.82, 2.24) is 9.80 Å². The minimum Gasteiger partial charge on any atom is -0.333 e. The second kappa shape index (κ2) is 8.53. The number of carbonyl (C=O) groups is 1. The van der Waals surface area contributed by atoms with E-state index in [-0.39, 0.29) is 18.0 Å². The van der Waals surface area contributed by atoms with Gasteiger partial charge in [-0.25, -0.2) is 8.78 Å². The van der Waals surface area contributed by atoms with Crippen molar-refractivity contribution in [3.05, 3.63) is 47.0 Å². The molecule has 0 saturated carbocycles. The zero-order valence-corrected chi connectivity index (χ0v) is 16.8. The number of carbonyl (C=O) groups excluding carboxylic acids is 1. The van der Waals surface area contributed by atoms with Crippen LogP contribution in [0.15, 0.2) is 34.8 Å². The fraction of sp³-hybridized carbons (Fsp3) is 0.450. The standard InChI is InChI=1S/C20H25F2N3O2S/c1-15-12-17(13-23-15)20(26)25(14-16-4-3-5-18(21)19(16)22)7-6-24-8-10-28(2,27)11-9-24/h3-5,12H,2,6-11,13-14H2,1H3. The van der Waals surface area contributed by atoms with Crippen molar-refractivity contribution < 1.29 is 17.8 Å². The van der Waals surface area contributed by atoms with Crippen LogP contribution in [-0.2, 0) is 20.9 Å². The largest absolute Gasteiger partial charge is 0.333 e. The molecule has 2 aliphatic heterocycles. The van der Waals surface area contributed by atoms with E-state index in [4.69, 9.17) is 0 Å². The number of nitrogens with zero attached hydrogens (tertiary/aromatic N) is 3. The van der Waals surface area contributed by atoms with E-state index in [0.29, 0.717) is 49.8 Å². The van der Waals surface area contributed by atoms with Crippen LogP contribution in [0.25, 0.3) is 0 Å². The van der Waals surface area contributed by atoms with Crippen LogP contribution in [0, 0.1) is 11.6 Å². The Morgan fingerprint density at radius 2 is 2.04 bits per heavy atom. The van der Waals surface area contributed by atoms with E-state index < -0.39 is 21.2 Å². The molecule has 0 radical (unpaired) electrons. The molecule has 0 bridgehead atoms. The lowest BCUT2D eigenvalue weighted by Crippen LogP contribution is -2.45. The highest BCUT2D eigenvalue weighted by Gasteiger charge is 2.24. The Bertz CT molecular complexity index is 911. The SMILES string of the molecule is C=S1(=O)CCN(CCN(Cc2cccc(F)c2F)C(=O)C2=CC(C)=NC2)CC1. The highest BCUT2D eigenvalue weighted by Crippen LogP contribution is 2.17. The van der Waals surface area contributed by atoms with Gasteiger partial charge >= 0.3 is 0 Å². The molecule has 2 heterocycles. The van der Waals surface area contributed by atoms with Gasteiger partial charge in [-0.2, -0.15) is 0 Å². The van der Waals surface area contributed by atoms with Gasteiger partial charge in [-0.3, -0.25) is 18.9 Å². The first-order valence-corrected chi connectivity index (χ1v) is 11.3. The normalized spacial score (nSPS) is 19.2. The third-order valence-electron chi connectivity index (χ3n) is 5.08. The van der Waals surface area contributed by atoms with Gasteiger partial charge in [0, 0.05) is 61.1 Å². The first-order chi connectivity index (χ1) is 13.2. The van der Waals surface area contributed by atoms with E-state index in [0.717, 1.165) is 11.8 Å². The summed E-state index contributed by atoms with van der Waals surface area (Å²) >= 11 is 0. The van der Waals surface area contributed by atoms with E-state index in [1.807, 2.05) is 6.92 Å². The van der Waals surface area contributed by atoms with Gasteiger partial charge in [-0.05, 0) is 34.5 Å². The molecule has 3 rings (SSSR count). The smallest absolute Gasteiger partial charge is 0.252 e. The highest BCUT2D eigenvalue weighted by molar-refractivity contribution is 8.00. The van der Waals surface area contributed by atoms with Crippen LogP contribution in [0.5, 0.6) is 0 Å².